The van der Waals surface area contributed by atoms with Crippen LogP contribution in [0.1, 0.15) is 33.6 Å². The van der Waals surface area contributed by atoms with Gasteiger partial charge in [-0.15, -0.1) is 6.58 Å². The van der Waals surface area contributed by atoms with Crippen LogP contribution in [0.3, 0.4) is 0 Å². The normalized spacial score (nSPS) is 13.0. The van der Waals surface area contributed by atoms with Gasteiger partial charge >= 0.3 is 17.8 Å². The first kappa shape index (κ1) is 27.3. The lowest BCUT2D eigenvalue weighted by atomic mass is 10.2. The Morgan fingerprint density at radius 1 is 1.20 bits per heavy atom. The second kappa shape index (κ2) is 18.8. The van der Waals surface area contributed by atoms with Crippen molar-refractivity contribution in [3.05, 3.63) is 24.4 Å². The van der Waals surface area contributed by atoms with Crippen molar-refractivity contribution in [2.24, 2.45) is 5.73 Å². The van der Waals surface area contributed by atoms with Gasteiger partial charge in [-0.3, -0.25) is 0 Å². The Hall–Kier alpha value is 0.0638. The van der Waals surface area contributed by atoms with Gasteiger partial charge < -0.3 is 23.4 Å². The molecule has 0 heterocycles. The quantitative estimate of drug-likeness (QED) is 0.262. The van der Waals surface area contributed by atoms with Gasteiger partial charge in [-0.1, -0.05) is 12.2 Å². The highest BCUT2D eigenvalue weighted by molar-refractivity contribution is 7.80. The zero-order chi connectivity index (χ0) is 19.6. The molecule has 0 spiro atoms. The molecule has 5 nitrogen and oxygen atoms in total. The van der Waals surface area contributed by atoms with Crippen LogP contribution in [0.15, 0.2) is 24.4 Å². The molecule has 0 saturated carbocycles. The Morgan fingerprint density at radius 2 is 1.76 bits per heavy atom. The minimum Gasteiger partial charge on any atom is -0.397 e. The number of hydrogen-bond donors (Lipinski definition) is 2. The van der Waals surface area contributed by atoms with Crippen molar-refractivity contribution in [1.29, 1.82) is 0 Å². The summed E-state index contributed by atoms with van der Waals surface area (Å²) in [5.41, 5.74) is 7.67. The molecule has 25 heavy (non-hydrogen) atoms. The van der Waals surface area contributed by atoms with Gasteiger partial charge in [-0.05, 0) is 57.2 Å². The van der Waals surface area contributed by atoms with Crippen molar-refractivity contribution in [3.63, 3.8) is 0 Å². The van der Waals surface area contributed by atoms with Crippen LogP contribution in [0.4, 0.5) is 0 Å². The maximum Gasteiger partial charge on any atom is 0.363 e. The first-order valence-corrected chi connectivity index (χ1v) is 13.4. The van der Waals surface area contributed by atoms with E-state index >= 15 is 0 Å². The number of nitrogens with two attached hydrogens (primary N) is 1. The van der Waals surface area contributed by atoms with Crippen molar-refractivity contribution < 1.29 is 17.7 Å². The monoisotopic (exact) mass is 409 g/mol. The van der Waals surface area contributed by atoms with E-state index in [1.54, 1.807) is 14.2 Å². The third kappa shape index (κ3) is 14.9. The number of allylic oxidation sites excluding steroid dienone is 1. The summed E-state index contributed by atoms with van der Waals surface area (Å²) in [5.74, 6) is 0.870. The van der Waals surface area contributed by atoms with Gasteiger partial charge in [0.1, 0.15) is 0 Å². The molecule has 0 bridgehead atoms. The second-order valence-electron chi connectivity index (χ2n) is 5.36. The van der Waals surface area contributed by atoms with Gasteiger partial charge in [-0.25, -0.2) is 0 Å². The summed E-state index contributed by atoms with van der Waals surface area (Å²) in [5, 5.41) is 0. The Morgan fingerprint density at radius 3 is 2.12 bits per heavy atom. The molecular formula is C17H39NO4SSi2. The summed E-state index contributed by atoms with van der Waals surface area (Å²) in [4.78, 5) is 0. The molecule has 1 unspecified atom stereocenters. The van der Waals surface area contributed by atoms with Crippen LogP contribution >= 0.6 is 12.6 Å². The lowest BCUT2D eigenvalue weighted by molar-refractivity contribution is 0.212. The molecule has 0 aliphatic carbocycles. The van der Waals surface area contributed by atoms with Crippen LogP contribution in [0.25, 0.3) is 0 Å². The summed E-state index contributed by atoms with van der Waals surface area (Å²) < 4.78 is 21.7. The predicted molar refractivity (Wildman–Crippen MR) is 116 cm³/mol. The minimum atomic E-state index is -2.02. The highest BCUT2D eigenvalue weighted by Gasteiger charge is 2.30. The fourth-order valence-electron chi connectivity index (χ4n) is 2.14. The van der Waals surface area contributed by atoms with Crippen LogP contribution in [0.2, 0.25) is 12.1 Å². The molecule has 2 N–H and O–H groups in total. The van der Waals surface area contributed by atoms with Crippen LogP contribution in [0, 0.1) is 0 Å². The number of rotatable bonds is 14. The van der Waals surface area contributed by atoms with E-state index in [2.05, 4.69) is 19.2 Å². The molecule has 0 fully saturated rings. The molecule has 0 amide bonds. The van der Waals surface area contributed by atoms with Crippen LogP contribution in [-0.4, -0.2) is 57.1 Å². The summed E-state index contributed by atoms with van der Waals surface area (Å²) in [6.45, 7) is 11.2. The largest absolute Gasteiger partial charge is 0.397 e. The van der Waals surface area contributed by atoms with Crippen molar-refractivity contribution in [2.45, 2.75) is 51.7 Å². The molecule has 0 aromatic rings. The highest BCUT2D eigenvalue weighted by atomic mass is 32.1. The number of thiol groups is 1. The van der Waals surface area contributed by atoms with E-state index in [4.69, 9.17) is 23.4 Å². The predicted octanol–water partition coefficient (Wildman–Crippen LogP) is 3.34. The average molecular weight is 410 g/mol. The molecule has 150 valence electrons. The van der Waals surface area contributed by atoms with Gasteiger partial charge in [-0.2, -0.15) is 12.6 Å². The summed E-state index contributed by atoms with van der Waals surface area (Å²) in [7, 11) is -0.0992. The minimum absolute atomic E-state index is 0.149. The van der Waals surface area contributed by atoms with Gasteiger partial charge in [0.15, 0.2) is 0 Å². The SMILES string of the molecule is C=C[Si](CCCS)(OC)OC.CC=CC(N)CC[SiH](OCC)OCC. The van der Waals surface area contributed by atoms with E-state index in [9.17, 15) is 0 Å². The van der Waals surface area contributed by atoms with Crippen LogP contribution in [0.5, 0.6) is 0 Å². The van der Waals surface area contributed by atoms with E-state index in [0.717, 1.165) is 43.9 Å². The second-order valence-corrected chi connectivity index (χ2v) is 11.3. The summed E-state index contributed by atoms with van der Waals surface area (Å²) >= 11 is 4.13. The standard InChI is InChI=1S/C10H23NO2Si.C7H16O2SSi/c1-4-7-10(11)8-9-14(12-5-2)13-6-3;1-4-11(8-2,9-3)7-5-6-10/h4,7,10,14H,5-6,8-9,11H2,1-3H3;4,10H,1,5-7H2,2-3H3. The molecule has 0 aromatic heterocycles. The molecule has 0 aliphatic rings. The topological polar surface area (TPSA) is 62.9 Å². The first-order chi connectivity index (χ1) is 12.0. The van der Waals surface area contributed by atoms with Gasteiger partial charge in [0, 0.05) is 33.5 Å². The Labute approximate surface area is 163 Å². The van der Waals surface area contributed by atoms with Crippen molar-refractivity contribution >= 4 is 30.5 Å². The third-order valence-electron chi connectivity index (χ3n) is 3.57. The Kier molecular flexibility index (Phi) is 20.6. The van der Waals surface area contributed by atoms with E-state index in [1.165, 1.54) is 0 Å². The van der Waals surface area contributed by atoms with Crippen LogP contribution < -0.4 is 5.73 Å². The molecular weight excluding hydrogens is 370 g/mol. The zero-order valence-electron chi connectivity index (χ0n) is 16.7. The third-order valence-corrected chi connectivity index (χ3v) is 9.15. The molecule has 0 rings (SSSR count). The van der Waals surface area contributed by atoms with E-state index in [-0.39, 0.29) is 6.04 Å². The van der Waals surface area contributed by atoms with Crippen molar-refractivity contribution in [2.75, 3.05) is 33.2 Å². The Bertz CT molecular complexity index is 326. The van der Waals surface area contributed by atoms with Crippen molar-refractivity contribution in [1.82, 2.24) is 0 Å². The molecule has 0 saturated heterocycles. The van der Waals surface area contributed by atoms with Gasteiger partial charge in [0.2, 0.25) is 0 Å². The summed E-state index contributed by atoms with van der Waals surface area (Å²) in [6.07, 6.45) is 5.98. The van der Waals surface area contributed by atoms with Crippen LogP contribution in [-0.2, 0) is 17.7 Å². The van der Waals surface area contributed by atoms with Gasteiger partial charge in [0.05, 0.1) is 0 Å². The fraction of sp³-hybridized carbons (Fsp3) is 0.765. The molecule has 1 atom stereocenters. The molecule has 0 aromatic carbocycles. The van der Waals surface area contributed by atoms with E-state index in [1.807, 2.05) is 38.6 Å². The van der Waals surface area contributed by atoms with E-state index < -0.39 is 17.8 Å². The fourth-order valence-corrected chi connectivity index (χ4v) is 6.21. The maximum atomic E-state index is 5.85. The molecule has 0 radical (unpaired) electrons. The summed E-state index contributed by atoms with van der Waals surface area (Å²) in [6, 6.07) is 2.08. The van der Waals surface area contributed by atoms with E-state index in [0.29, 0.717) is 0 Å². The maximum absolute atomic E-state index is 5.85. The lowest BCUT2D eigenvalue weighted by Crippen LogP contribution is -2.37. The molecule has 0 aliphatic heterocycles. The first-order valence-electron chi connectivity index (χ1n) is 8.95. The average Bonchev–Trinajstić information content (AvgIpc) is 2.63. The van der Waals surface area contributed by atoms with Gasteiger partial charge in [0.25, 0.3) is 0 Å². The highest BCUT2D eigenvalue weighted by Crippen LogP contribution is 2.15. The smallest absolute Gasteiger partial charge is 0.363 e. The number of hydrogen-bond acceptors (Lipinski definition) is 6. The van der Waals surface area contributed by atoms with Crippen molar-refractivity contribution in [3.8, 4) is 0 Å². The zero-order valence-corrected chi connectivity index (χ0v) is 19.8. The molecule has 8 heteroatoms. The lowest BCUT2D eigenvalue weighted by Gasteiger charge is -2.22. The Balaban J connectivity index is 0.